The molecule has 0 aromatic carbocycles. The van der Waals surface area contributed by atoms with E-state index < -0.39 is 6.04 Å². The van der Waals surface area contributed by atoms with Crippen LogP contribution in [0.1, 0.15) is 45.4 Å². The zero-order chi connectivity index (χ0) is 13.1. The van der Waals surface area contributed by atoms with Gasteiger partial charge in [-0.3, -0.25) is 9.59 Å². The van der Waals surface area contributed by atoms with Crippen molar-refractivity contribution in [3.05, 3.63) is 0 Å². The fourth-order valence-electron chi connectivity index (χ4n) is 1.40. The number of carbonyl (C=O) groups excluding carboxylic acids is 2. The fourth-order valence-corrected chi connectivity index (χ4v) is 1.40. The van der Waals surface area contributed by atoms with Crippen LogP contribution in [-0.2, 0) is 14.3 Å². The summed E-state index contributed by atoms with van der Waals surface area (Å²) < 4.78 is 4.55. The van der Waals surface area contributed by atoms with E-state index in [2.05, 4.69) is 10.1 Å². The van der Waals surface area contributed by atoms with Gasteiger partial charge in [0.1, 0.15) is 0 Å². The van der Waals surface area contributed by atoms with Gasteiger partial charge in [0.05, 0.1) is 13.2 Å². The maximum atomic E-state index is 11.1. The first-order valence-corrected chi connectivity index (χ1v) is 6.18. The lowest BCUT2D eigenvalue weighted by atomic mass is 10.1. The lowest BCUT2D eigenvalue weighted by Gasteiger charge is -2.07. The second-order valence-electron chi connectivity index (χ2n) is 4.17. The molecule has 0 spiro atoms. The Hall–Kier alpha value is -1.10. The van der Waals surface area contributed by atoms with Gasteiger partial charge in [0.2, 0.25) is 5.91 Å². The van der Waals surface area contributed by atoms with Gasteiger partial charge in [-0.05, 0) is 19.8 Å². The Morgan fingerprint density at radius 2 is 1.76 bits per heavy atom. The normalized spacial score (nSPS) is 11.9. The van der Waals surface area contributed by atoms with E-state index in [0.29, 0.717) is 13.0 Å². The number of unbranched alkanes of at least 4 members (excludes halogenated alkanes) is 4. The molecule has 0 fully saturated rings. The molecule has 0 saturated heterocycles. The monoisotopic (exact) mass is 244 g/mol. The Labute approximate surface area is 103 Å². The maximum Gasteiger partial charge on any atom is 0.305 e. The quantitative estimate of drug-likeness (QED) is 0.467. The highest BCUT2D eigenvalue weighted by Crippen LogP contribution is 2.05. The summed E-state index contributed by atoms with van der Waals surface area (Å²) in [5.74, 6) is -0.245. The molecule has 1 amide bonds. The van der Waals surface area contributed by atoms with E-state index in [9.17, 15) is 9.59 Å². The Morgan fingerprint density at radius 1 is 1.18 bits per heavy atom. The van der Waals surface area contributed by atoms with Crippen molar-refractivity contribution in [1.29, 1.82) is 0 Å². The summed E-state index contributed by atoms with van der Waals surface area (Å²) in [7, 11) is 1.41. The SMILES string of the molecule is COC(=O)CCCCCCCNC(=O)[C@H](C)N. The van der Waals surface area contributed by atoms with Crippen LogP contribution >= 0.6 is 0 Å². The number of methoxy groups -OCH3 is 1. The Bertz CT molecular complexity index is 230. The second kappa shape index (κ2) is 10.1. The highest BCUT2D eigenvalue weighted by Gasteiger charge is 2.04. The van der Waals surface area contributed by atoms with Crippen LogP contribution in [0.25, 0.3) is 0 Å². The molecule has 0 aliphatic carbocycles. The van der Waals surface area contributed by atoms with E-state index in [1.807, 2.05) is 0 Å². The minimum atomic E-state index is -0.435. The van der Waals surface area contributed by atoms with Gasteiger partial charge in [0, 0.05) is 13.0 Å². The molecule has 0 aliphatic heterocycles. The van der Waals surface area contributed by atoms with Crippen molar-refractivity contribution in [2.75, 3.05) is 13.7 Å². The van der Waals surface area contributed by atoms with Crippen molar-refractivity contribution in [3.63, 3.8) is 0 Å². The van der Waals surface area contributed by atoms with Gasteiger partial charge < -0.3 is 15.8 Å². The highest BCUT2D eigenvalue weighted by atomic mass is 16.5. The summed E-state index contributed by atoms with van der Waals surface area (Å²) in [4.78, 5) is 21.9. The molecule has 0 radical (unpaired) electrons. The average molecular weight is 244 g/mol. The molecule has 0 aromatic heterocycles. The highest BCUT2D eigenvalue weighted by molar-refractivity contribution is 5.80. The fraction of sp³-hybridized carbons (Fsp3) is 0.833. The number of amides is 1. The van der Waals surface area contributed by atoms with Crippen LogP contribution in [0.2, 0.25) is 0 Å². The Morgan fingerprint density at radius 3 is 2.35 bits per heavy atom. The van der Waals surface area contributed by atoms with Crippen LogP contribution in [0.5, 0.6) is 0 Å². The van der Waals surface area contributed by atoms with Crippen molar-refractivity contribution >= 4 is 11.9 Å². The molecule has 5 heteroatoms. The molecule has 1 atom stereocenters. The number of carbonyl (C=O) groups is 2. The number of esters is 1. The summed E-state index contributed by atoms with van der Waals surface area (Å²) in [6.45, 7) is 2.35. The van der Waals surface area contributed by atoms with E-state index in [4.69, 9.17) is 5.73 Å². The second-order valence-corrected chi connectivity index (χ2v) is 4.17. The van der Waals surface area contributed by atoms with E-state index in [-0.39, 0.29) is 11.9 Å². The standard InChI is InChI=1S/C12H24N2O3/c1-10(13)12(16)14-9-7-5-3-4-6-8-11(15)17-2/h10H,3-9,13H2,1-2H3,(H,14,16)/t10-/m0/s1. The molecule has 0 saturated carbocycles. The lowest BCUT2D eigenvalue weighted by Crippen LogP contribution is -2.38. The summed E-state index contributed by atoms with van der Waals surface area (Å²) >= 11 is 0. The van der Waals surface area contributed by atoms with Crippen molar-refractivity contribution < 1.29 is 14.3 Å². The Balaban J connectivity index is 3.19. The minimum Gasteiger partial charge on any atom is -0.469 e. The molecular weight excluding hydrogens is 220 g/mol. The van der Waals surface area contributed by atoms with Crippen LogP contribution in [-0.4, -0.2) is 31.6 Å². The number of hydrogen-bond donors (Lipinski definition) is 2. The molecule has 17 heavy (non-hydrogen) atoms. The van der Waals surface area contributed by atoms with E-state index >= 15 is 0 Å². The smallest absolute Gasteiger partial charge is 0.305 e. The van der Waals surface area contributed by atoms with Gasteiger partial charge in [0.15, 0.2) is 0 Å². The molecule has 0 bridgehead atoms. The third-order valence-electron chi connectivity index (χ3n) is 2.50. The van der Waals surface area contributed by atoms with Gasteiger partial charge in [-0.15, -0.1) is 0 Å². The van der Waals surface area contributed by atoms with E-state index in [0.717, 1.165) is 32.1 Å². The molecule has 0 aliphatic rings. The zero-order valence-corrected chi connectivity index (χ0v) is 10.8. The van der Waals surface area contributed by atoms with Crippen LogP contribution < -0.4 is 11.1 Å². The Kier molecular flexibility index (Phi) is 9.43. The summed E-state index contributed by atoms with van der Waals surface area (Å²) in [6.07, 6.45) is 5.48. The third-order valence-corrected chi connectivity index (χ3v) is 2.50. The van der Waals surface area contributed by atoms with Crippen LogP contribution in [0, 0.1) is 0 Å². The van der Waals surface area contributed by atoms with Gasteiger partial charge in [-0.1, -0.05) is 19.3 Å². The van der Waals surface area contributed by atoms with Crippen molar-refractivity contribution in [2.45, 2.75) is 51.5 Å². The van der Waals surface area contributed by atoms with Gasteiger partial charge in [0.25, 0.3) is 0 Å². The minimum absolute atomic E-state index is 0.101. The lowest BCUT2D eigenvalue weighted by molar-refractivity contribution is -0.140. The molecule has 5 nitrogen and oxygen atoms in total. The van der Waals surface area contributed by atoms with Crippen molar-refractivity contribution in [3.8, 4) is 0 Å². The van der Waals surface area contributed by atoms with Crippen molar-refractivity contribution in [1.82, 2.24) is 5.32 Å². The number of ether oxygens (including phenoxy) is 1. The van der Waals surface area contributed by atoms with E-state index in [1.165, 1.54) is 7.11 Å². The van der Waals surface area contributed by atoms with Crippen LogP contribution in [0.4, 0.5) is 0 Å². The first-order chi connectivity index (χ1) is 8.07. The van der Waals surface area contributed by atoms with Crippen molar-refractivity contribution in [2.24, 2.45) is 5.73 Å². The number of hydrogen-bond acceptors (Lipinski definition) is 4. The number of rotatable bonds is 9. The predicted octanol–water partition coefficient (Wildman–Crippen LogP) is 0.963. The molecule has 3 N–H and O–H groups in total. The summed E-state index contributed by atoms with van der Waals surface area (Å²) in [6, 6.07) is -0.435. The van der Waals surface area contributed by atoms with Gasteiger partial charge >= 0.3 is 5.97 Å². The predicted molar refractivity (Wildman–Crippen MR) is 66.4 cm³/mol. The largest absolute Gasteiger partial charge is 0.469 e. The van der Waals surface area contributed by atoms with Crippen LogP contribution in [0.15, 0.2) is 0 Å². The van der Waals surface area contributed by atoms with E-state index in [1.54, 1.807) is 6.92 Å². The molecule has 0 aromatic rings. The number of nitrogens with one attached hydrogen (secondary N) is 1. The average Bonchev–Trinajstić information content (AvgIpc) is 2.31. The topological polar surface area (TPSA) is 81.4 Å². The molecular formula is C12H24N2O3. The first-order valence-electron chi connectivity index (χ1n) is 6.18. The third kappa shape index (κ3) is 9.81. The first kappa shape index (κ1) is 15.9. The van der Waals surface area contributed by atoms with Gasteiger partial charge in [-0.25, -0.2) is 0 Å². The maximum absolute atomic E-state index is 11.1. The summed E-state index contributed by atoms with van der Waals surface area (Å²) in [5, 5.41) is 2.76. The zero-order valence-electron chi connectivity index (χ0n) is 10.8. The molecule has 0 unspecified atom stereocenters. The molecule has 100 valence electrons. The number of nitrogens with two attached hydrogens (primary N) is 1. The summed E-state index contributed by atoms with van der Waals surface area (Å²) in [5.41, 5.74) is 5.40. The van der Waals surface area contributed by atoms with Crippen LogP contribution in [0.3, 0.4) is 0 Å². The molecule has 0 rings (SSSR count). The van der Waals surface area contributed by atoms with Gasteiger partial charge in [-0.2, -0.15) is 0 Å². The molecule has 0 heterocycles.